The summed E-state index contributed by atoms with van der Waals surface area (Å²) >= 11 is 2.77. The first-order valence-electron chi connectivity index (χ1n) is 8.81. The first-order valence-corrected chi connectivity index (χ1v) is 10.7. The molecule has 0 atom stereocenters. The number of hydrogen-bond donors (Lipinski definition) is 1. The summed E-state index contributed by atoms with van der Waals surface area (Å²) in [6, 6.07) is 4.31. The lowest BCUT2D eigenvalue weighted by Crippen LogP contribution is -2.14. The van der Waals surface area contributed by atoms with Crippen LogP contribution in [0.4, 0.5) is 5.13 Å². The second-order valence-electron chi connectivity index (χ2n) is 6.43. The van der Waals surface area contributed by atoms with Gasteiger partial charge in [-0.05, 0) is 43.5 Å². The number of benzene rings is 1. The molecule has 1 amide bonds. The van der Waals surface area contributed by atoms with Gasteiger partial charge in [0.25, 0.3) is 0 Å². The lowest BCUT2D eigenvalue weighted by molar-refractivity contribution is -0.113. The highest BCUT2D eigenvalue weighted by atomic mass is 32.2. The van der Waals surface area contributed by atoms with Crippen LogP contribution in [0.25, 0.3) is 11.3 Å². The van der Waals surface area contributed by atoms with Gasteiger partial charge in [0.2, 0.25) is 5.91 Å². The van der Waals surface area contributed by atoms with Crippen molar-refractivity contribution < 1.29 is 9.53 Å². The van der Waals surface area contributed by atoms with Crippen molar-refractivity contribution in [3.05, 3.63) is 40.5 Å². The summed E-state index contributed by atoms with van der Waals surface area (Å²) in [6.45, 7) is 7.49. The summed E-state index contributed by atoms with van der Waals surface area (Å²) in [6.07, 6.45) is 1.64. The van der Waals surface area contributed by atoms with E-state index in [9.17, 15) is 4.79 Å². The van der Waals surface area contributed by atoms with E-state index < -0.39 is 0 Å². The molecule has 0 aliphatic carbocycles. The third-order valence-corrected chi connectivity index (χ3v) is 6.05. The normalized spacial score (nSPS) is 11.0. The molecule has 9 heteroatoms. The number of hydrogen-bond acceptors (Lipinski definition) is 7. The molecular formula is C19H23N5O2S2. The van der Waals surface area contributed by atoms with Crippen LogP contribution in [0.5, 0.6) is 0 Å². The number of anilines is 1. The number of thiazole rings is 1. The summed E-state index contributed by atoms with van der Waals surface area (Å²) in [4.78, 5) is 16.9. The van der Waals surface area contributed by atoms with Crippen LogP contribution in [-0.2, 0) is 16.1 Å². The Morgan fingerprint density at radius 1 is 1.25 bits per heavy atom. The van der Waals surface area contributed by atoms with Crippen molar-refractivity contribution in [1.29, 1.82) is 0 Å². The fraction of sp³-hybridized carbons (Fsp3) is 0.368. The minimum Gasteiger partial charge on any atom is -0.383 e. The van der Waals surface area contributed by atoms with Gasteiger partial charge < -0.3 is 14.6 Å². The van der Waals surface area contributed by atoms with Crippen LogP contribution in [0.15, 0.2) is 29.0 Å². The third kappa shape index (κ3) is 4.98. The predicted octanol–water partition coefficient (Wildman–Crippen LogP) is 3.70. The zero-order chi connectivity index (χ0) is 20.1. The zero-order valence-electron chi connectivity index (χ0n) is 16.4. The van der Waals surface area contributed by atoms with Crippen LogP contribution < -0.4 is 5.32 Å². The second kappa shape index (κ2) is 9.31. The molecular weight excluding hydrogens is 394 g/mol. The number of aromatic nitrogens is 4. The topological polar surface area (TPSA) is 81.9 Å². The van der Waals surface area contributed by atoms with Gasteiger partial charge in [-0.1, -0.05) is 17.8 Å². The van der Waals surface area contributed by atoms with E-state index in [1.54, 1.807) is 13.4 Å². The minimum absolute atomic E-state index is 0.121. The average molecular weight is 418 g/mol. The highest BCUT2D eigenvalue weighted by Gasteiger charge is 2.13. The molecule has 2 heterocycles. The molecule has 0 saturated heterocycles. The van der Waals surface area contributed by atoms with Gasteiger partial charge in [-0.15, -0.1) is 21.5 Å². The Bertz CT molecular complexity index is 967. The van der Waals surface area contributed by atoms with E-state index >= 15 is 0 Å². The van der Waals surface area contributed by atoms with Gasteiger partial charge in [0.05, 0.1) is 18.1 Å². The molecule has 3 aromatic rings. The summed E-state index contributed by atoms with van der Waals surface area (Å²) in [5.74, 6) is 0.118. The van der Waals surface area contributed by atoms with E-state index in [2.05, 4.69) is 53.4 Å². The Morgan fingerprint density at radius 2 is 2.04 bits per heavy atom. The van der Waals surface area contributed by atoms with E-state index in [1.807, 2.05) is 9.95 Å². The fourth-order valence-corrected chi connectivity index (χ4v) is 4.14. The Labute approximate surface area is 172 Å². The van der Waals surface area contributed by atoms with Crippen molar-refractivity contribution in [1.82, 2.24) is 19.7 Å². The van der Waals surface area contributed by atoms with Crippen LogP contribution in [0, 0.1) is 20.8 Å². The van der Waals surface area contributed by atoms with Gasteiger partial charge in [0.15, 0.2) is 10.3 Å². The lowest BCUT2D eigenvalue weighted by atomic mass is 9.99. The zero-order valence-corrected chi connectivity index (χ0v) is 18.0. The smallest absolute Gasteiger partial charge is 0.236 e. The molecule has 0 fully saturated rings. The van der Waals surface area contributed by atoms with Gasteiger partial charge in [-0.3, -0.25) is 4.79 Å². The van der Waals surface area contributed by atoms with Crippen LogP contribution in [-0.4, -0.2) is 45.1 Å². The molecule has 2 aromatic heterocycles. The van der Waals surface area contributed by atoms with E-state index in [0.29, 0.717) is 23.4 Å². The van der Waals surface area contributed by atoms with Crippen molar-refractivity contribution in [3.63, 3.8) is 0 Å². The number of nitrogens with one attached hydrogen (secondary N) is 1. The first-order chi connectivity index (χ1) is 13.5. The monoisotopic (exact) mass is 417 g/mol. The molecule has 0 saturated carbocycles. The Balaban J connectivity index is 1.60. The van der Waals surface area contributed by atoms with Gasteiger partial charge in [-0.25, -0.2) is 4.98 Å². The molecule has 28 heavy (non-hydrogen) atoms. The molecule has 1 aromatic carbocycles. The average Bonchev–Trinajstić information content (AvgIpc) is 3.30. The number of ether oxygens (including phenoxy) is 1. The van der Waals surface area contributed by atoms with Gasteiger partial charge in [0.1, 0.15) is 6.33 Å². The summed E-state index contributed by atoms with van der Waals surface area (Å²) in [7, 11) is 1.65. The van der Waals surface area contributed by atoms with Gasteiger partial charge >= 0.3 is 0 Å². The van der Waals surface area contributed by atoms with Crippen molar-refractivity contribution in [2.24, 2.45) is 0 Å². The molecule has 0 radical (unpaired) electrons. The third-order valence-electron chi connectivity index (χ3n) is 4.32. The van der Waals surface area contributed by atoms with Crippen molar-refractivity contribution >= 4 is 34.1 Å². The fourth-order valence-electron chi connectivity index (χ4n) is 2.68. The predicted molar refractivity (Wildman–Crippen MR) is 113 cm³/mol. The van der Waals surface area contributed by atoms with E-state index in [0.717, 1.165) is 11.3 Å². The summed E-state index contributed by atoms with van der Waals surface area (Å²) in [5.41, 5.74) is 5.65. The Hall–Kier alpha value is -2.23. The Kier molecular flexibility index (Phi) is 6.82. The first kappa shape index (κ1) is 20.5. The molecule has 0 bridgehead atoms. The SMILES string of the molecule is COCCn1cnnc1SCC(=O)Nc1nc(-c2cc(C)c(C)cc2C)cs1. The molecule has 0 aliphatic heterocycles. The maximum Gasteiger partial charge on any atom is 0.236 e. The number of amides is 1. The Morgan fingerprint density at radius 3 is 2.82 bits per heavy atom. The highest BCUT2D eigenvalue weighted by molar-refractivity contribution is 7.99. The van der Waals surface area contributed by atoms with Crippen LogP contribution in [0.1, 0.15) is 16.7 Å². The molecule has 3 rings (SSSR count). The second-order valence-corrected chi connectivity index (χ2v) is 8.23. The molecule has 0 aliphatic rings. The van der Waals surface area contributed by atoms with Crippen LogP contribution in [0.2, 0.25) is 0 Å². The number of carbonyl (C=O) groups excluding carboxylic acids is 1. The number of thioether (sulfide) groups is 1. The number of nitrogens with zero attached hydrogens (tertiary/aromatic N) is 4. The molecule has 148 valence electrons. The quantitative estimate of drug-likeness (QED) is 0.563. The van der Waals surface area contributed by atoms with Crippen LogP contribution >= 0.6 is 23.1 Å². The van der Waals surface area contributed by atoms with E-state index in [-0.39, 0.29) is 11.7 Å². The standard InChI is InChI=1S/C19H23N5O2S2/c1-12-7-14(3)15(8-13(12)2)16-9-27-18(21-16)22-17(25)10-28-19-23-20-11-24(19)5-6-26-4/h7-9,11H,5-6,10H2,1-4H3,(H,21,22,25). The van der Waals surface area contributed by atoms with E-state index in [1.165, 1.54) is 39.8 Å². The lowest BCUT2D eigenvalue weighted by Gasteiger charge is -2.07. The van der Waals surface area contributed by atoms with Crippen LogP contribution in [0.3, 0.4) is 0 Å². The highest BCUT2D eigenvalue weighted by Crippen LogP contribution is 2.29. The van der Waals surface area contributed by atoms with Gasteiger partial charge in [-0.2, -0.15) is 0 Å². The number of carbonyl (C=O) groups is 1. The molecule has 7 nitrogen and oxygen atoms in total. The summed E-state index contributed by atoms with van der Waals surface area (Å²) in [5, 5.41) is 14.1. The van der Waals surface area contributed by atoms with Crippen molar-refractivity contribution in [2.75, 3.05) is 24.8 Å². The molecule has 0 spiro atoms. The van der Waals surface area contributed by atoms with Crippen molar-refractivity contribution in [3.8, 4) is 11.3 Å². The number of rotatable bonds is 8. The number of methoxy groups -OCH3 is 1. The maximum absolute atomic E-state index is 12.3. The molecule has 1 N–H and O–H groups in total. The maximum atomic E-state index is 12.3. The number of aryl methyl sites for hydroxylation is 3. The largest absolute Gasteiger partial charge is 0.383 e. The van der Waals surface area contributed by atoms with Crippen molar-refractivity contribution in [2.45, 2.75) is 32.5 Å². The minimum atomic E-state index is -0.121. The summed E-state index contributed by atoms with van der Waals surface area (Å²) < 4.78 is 6.93. The van der Waals surface area contributed by atoms with E-state index in [4.69, 9.17) is 4.74 Å². The van der Waals surface area contributed by atoms with Gasteiger partial charge in [0, 0.05) is 24.6 Å². The molecule has 0 unspecified atom stereocenters.